The van der Waals surface area contributed by atoms with Crippen molar-refractivity contribution in [3.8, 4) is 5.75 Å². The SMILES string of the molecule is CCCCNC(=O)[C@@H](Cc1ccccc1)N(Cc1ccc(Br)cc1)C(=O)CN(c1ccc(C)cc1)S(=O)(=O)c1ccc(OC)c(Br)c1. The largest absolute Gasteiger partial charge is 0.496 e. The van der Waals surface area contributed by atoms with Gasteiger partial charge in [-0.25, -0.2) is 8.42 Å². The molecule has 4 aromatic rings. The van der Waals surface area contributed by atoms with Crippen molar-refractivity contribution in [2.75, 3.05) is 24.5 Å². The van der Waals surface area contributed by atoms with Gasteiger partial charge in [0.15, 0.2) is 0 Å². The zero-order valence-corrected chi connectivity index (χ0v) is 30.6. The number of aryl methyl sites for hydroxylation is 1. The van der Waals surface area contributed by atoms with Gasteiger partial charge in [0, 0.05) is 24.0 Å². The van der Waals surface area contributed by atoms with Crippen molar-refractivity contribution in [3.05, 3.63) is 123 Å². The summed E-state index contributed by atoms with van der Waals surface area (Å²) in [5, 5.41) is 3.01. The average molecular weight is 786 g/mol. The molecular weight excluding hydrogens is 746 g/mol. The van der Waals surface area contributed by atoms with E-state index < -0.39 is 28.5 Å². The molecule has 11 heteroatoms. The summed E-state index contributed by atoms with van der Waals surface area (Å²) in [6, 6.07) is 27.5. The Morgan fingerprint density at radius 3 is 2.19 bits per heavy atom. The van der Waals surface area contributed by atoms with Crippen LogP contribution in [0, 0.1) is 6.92 Å². The van der Waals surface area contributed by atoms with Crippen LogP contribution in [0.5, 0.6) is 5.75 Å². The van der Waals surface area contributed by atoms with Crippen LogP contribution in [0.2, 0.25) is 0 Å². The molecule has 0 unspecified atom stereocenters. The summed E-state index contributed by atoms with van der Waals surface area (Å²) >= 11 is 6.86. The third-order valence-corrected chi connectivity index (χ3v) is 10.6. The first-order valence-electron chi connectivity index (χ1n) is 15.3. The second-order valence-electron chi connectivity index (χ2n) is 11.1. The zero-order valence-electron chi connectivity index (χ0n) is 26.7. The molecule has 0 fully saturated rings. The highest BCUT2D eigenvalue weighted by Crippen LogP contribution is 2.31. The molecule has 1 N–H and O–H groups in total. The van der Waals surface area contributed by atoms with Gasteiger partial charge in [0.2, 0.25) is 11.8 Å². The van der Waals surface area contributed by atoms with Crippen molar-refractivity contribution < 1.29 is 22.7 Å². The quantitative estimate of drug-likeness (QED) is 0.128. The van der Waals surface area contributed by atoms with E-state index in [1.165, 1.54) is 24.1 Å². The van der Waals surface area contributed by atoms with Crippen molar-refractivity contribution in [1.29, 1.82) is 0 Å². The lowest BCUT2D eigenvalue weighted by atomic mass is 10.0. The minimum Gasteiger partial charge on any atom is -0.496 e. The number of carbonyl (C=O) groups excluding carboxylic acids is 2. The number of sulfonamides is 1. The number of hydrogen-bond donors (Lipinski definition) is 1. The Morgan fingerprint density at radius 2 is 1.57 bits per heavy atom. The monoisotopic (exact) mass is 783 g/mol. The molecule has 0 aromatic heterocycles. The first kappa shape index (κ1) is 36.2. The third-order valence-electron chi connectivity index (χ3n) is 7.68. The fourth-order valence-corrected chi connectivity index (χ4v) is 7.42. The standard InChI is InChI=1S/C36H39Br2N3O5S/c1-4-5-21-39-36(43)33(22-27-9-7-6-8-10-27)40(24-28-13-15-29(37)16-14-28)35(42)25-41(30-17-11-26(2)12-18-30)47(44,45)31-19-20-34(46-3)32(38)23-31/h6-20,23,33H,4-5,21-22,24-25H2,1-3H3,(H,39,43)/t33-/m1/s1. The second-order valence-corrected chi connectivity index (χ2v) is 14.8. The van der Waals surface area contributed by atoms with Crippen LogP contribution in [0.25, 0.3) is 0 Å². The minimum atomic E-state index is -4.25. The van der Waals surface area contributed by atoms with Gasteiger partial charge in [-0.3, -0.25) is 13.9 Å². The smallest absolute Gasteiger partial charge is 0.264 e. The van der Waals surface area contributed by atoms with Crippen LogP contribution >= 0.6 is 31.9 Å². The van der Waals surface area contributed by atoms with Crippen LogP contribution in [0.4, 0.5) is 5.69 Å². The number of nitrogens with one attached hydrogen (secondary N) is 1. The summed E-state index contributed by atoms with van der Waals surface area (Å²) in [5.41, 5.74) is 2.94. The van der Waals surface area contributed by atoms with E-state index in [1.54, 1.807) is 30.3 Å². The lowest BCUT2D eigenvalue weighted by molar-refractivity contribution is -0.140. The second kappa shape index (κ2) is 16.9. The summed E-state index contributed by atoms with van der Waals surface area (Å²) in [6.07, 6.45) is 1.95. The molecule has 1 atom stereocenters. The maximum absolute atomic E-state index is 14.6. The number of methoxy groups -OCH3 is 1. The highest BCUT2D eigenvalue weighted by molar-refractivity contribution is 9.10. The summed E-state index contributed by atoms with van der Waals surface area (Å²) < 4.78 is 36.3. The van der Waals surface area contributed by atoms with Crippen LogP contribution in [-0.4, -0.2) is 51.4 Å². The van der Waals surface area contributed by atoms with Gasteiger partial charge < -0.3 is 15.0 Å². The van der Waals surface area contributed by atoms with E-state index in [1.807, 2.05) is 68.4 Å². The summed E-state index contributed by atoms with van der Waals surface area (Å²) in [6.45, 7) is 3.98. The molecule has 8 nitrogen and oxygen atoms in total. The van der Waals surface area contributed by atoms with Crippen molar-refractivity contribution in [3.63, 3.8) is 0 Å². The molecule has 0 bridgehead atoms. The number of amides is 2. The zero-order chi connectivity index (χ0) is 34.0. The maximum atomic E-state index is 14.6. The molecule has 0 aliphatic heterocycles. The maximum Gasteiger partial charge on any atom is 0.264 e. The summed E-state index contributed by atoms with van der Waals surface area (Å²) in [4.78, 5) is 29.9. The number of ether oxygens (including phenoxy) is 1. The van der Waals surface area contributed by atoms with E-state index in [9.17, 15) is 18.0 Å². The van der Waals surface area contributed by atoms with E-state index in [0.29, 0.717) is 22.5 Å². The Balaban J connectivity index is 1.79. The van der Waals surface area contributed by atoms with Gasteiger partial charge >= 0.3 is 0 Å². The van der Waals surface area contributed by atoms with Crippen molar-refractivity contribution >= 4 is 59.4 Å². The van der Waals surface area contributed by atoms with Gasteiger partial charge in [0.25, 0.3) is 10.0 Å². The molecule has 47 heavy (non-hydrogen) atoms. The summed E-state index contributed by atoms with van der Waals surface area (Å²) in [5.74, 6) is -0.340. The number of nitrogens with zero attached hydrogens (tertiary/aromatic N) is 2. The highest BCUT2D eigenvalue weighted by atomic mass is 79.9. The number of anilines is 1. The van der Waals surface area contributed by atoms with E-state index in [4.69, 9.17) is 4.74 Å². The molecular formula is C36H39Br2N3O5S. The number of hydrogen-bond acceptors (Lipinski definition) is 5. The lowest BCUT2D eigenvalue weighted by Crippen LogP contribution is -2.53. The number of rotatable bonds is 15. The van der Waals surface area contributed by atoms with Crippen molar-refractivity contribution in [2.45, 2.75) is 50.6 Å². The predicted molar refractivity (Wildman–Crippen MR) is 193 cm³/mol. The van der Waals surface area contributed by atoms with Crippen LogP contribution in [0.15, 0.2) is 111 Å². The first-order chi connectivity index (χ1) is 22.5. The van der Waals surface area contributed by atoms with Crippen LogP contribution < -0.4 is 14.4 Å². The van der Waals surface area contributed by atoms with Crippen molar-refractivity contribution in [2.24, 2.45) is 0 Å². The van der Waals surface area contributed by atoms with E-state index >= 15 is 0 Å². The molecule has 0 spiro atoms. The molecule has 0 saturated heterocycles. The molecule has 2 amide bonds. The first-order valence-corrected chi connectivity index (χ1v) is 18.3. The van der Waals surface area contributed by atoms with E-state index in [2.05, 4.69) is 37.2 Å². The van der Waals surface area contributed by atoms with Crippen LogP contribution in [0.3, 0.4) is 0 Å². The number of unbranched alkanes of at least 4 members (excludes halogenated alkanes) is 1. The Bertz CT molecular complexity index is 1750. The normalized spacial score (nSPS) is 11.9. The van der Waals surface area contributed by atoms with Crippen molar-refractivity contribution in [1.82, 2.24) is 10.2 Å². The van der Waals surface area contributed by atoms with E-state index in [-0.39, 0.29) is 23.8 Å². The van der Waals surface area contributed by atoms with Gasteiger partial charge in [-0.2, -0.15) is 0 Å². The Kier molecular flexibility index (Phi) is 13.0. The van der Waals surface area contributed by atoms with Crippen LogP contribution in [-0.2, 0) is 32.6 Å². The number of carbonyl (C=O) groups is 2. The molecule has 0 heterocycles. The van der Waals surface area contributed by atoms with Gasteiger partial charge in [0.1, 0.15) is 18.3 Å². The average Bonchev–Trinajstić information content (AvgIpc) is 3.07. The number of benzene rings is 4. The predicted octanol–water partition coefficient (Wildman–Crippen LogP) is 7.28. The van der Waals surface area contributed by atoms with E-state index in [0.717, 1.165) is 38.3 Å². The molecule has 0 saturated carbocycles. The van der Waals surface area contributed by atoms with Crippen LogP contribution in [0.1, 0.15) is 36.5 Å². The lowest BCUT2D eigenvalue weighted by Gasteiger charge is -2.34. The molecule has 0 aliphatic rings. The Labute approximate surface area is 294 Å². The Morgan fingerprint density at radius 1 is 0.894 bits per heavy atom. The molecule has 4 rings (SSSR count). The minimum absolute atomic E-state index is 0.0175. The highest BCUT2D eigenvalue weighted by Gasteiger charge is 2.34. The third kappa shape index (κ3) is 9.68. The van der Waals surface area contributed by atoms with Gasteiger partial charge in [-0.1, -0.05) is 89.4 Å². The fourth-order valence-electron chi connectivity index (χ4n) is 5.02. The van der Waals surface area contributed by atoms with Gasteiger partial charge in [-0.15, -0.1) is 0 Å². The molecule has 248 valence electrons. The molecule has 4 aromatic carbocycles. The fraction of sp³-hybridized carbons (Fsp3) is 0.278. The molecule has 0 radical (unpaired) electrons. The Hall–Kier alpha value is -3.67. The number of halogens is 2. The van der Waals surface area contributed by atoms with Gasteiger partial charge in [-0.05, 0) is 82.9 Å². The molecule has 0 aliphatic carbocycles. The topological polar surface area (TPSA) is 96.0 Å². The van der Waals surface area contributed by atoms with Gasteiger partial charge in [0.05, 0.1) is 22.2 Å². The summed E-state index contributed by atoms with van der Waals surface area (Å²) in [7, 11) is -2.75.